The first-order valence-electron chi connectivity index (χ1n) is 14.6. The molecule has 0 N–H and O–H groups in total. The van der Waals surface area contributed by atoms with E-state index in [0.29, 0.717) is 0 Å². The molecule has 43 heavy (non-hydrogen) atoms. The van der Waals surface area contributed by atoms with Gasteiger partial charge in [-0.3, -0.25) is 9.38 Å². The zero-order valence-electron chi connectivity index (χ0n) is 23.3. The molecule has 0 aliphatic rings. The highest BCUT2D eigenvalue weighted by Gasteiger charge is 2.17. The lowest BCUT2D eigenvalue weighted by Gasteiger charge is -2.15. The molecule has 0 saturated carbocycles. The van der Waals surface area contributed by atoms with Gasteiger partial charge in [0.1, 0.15) is 11.3 Å². The van der Waals surface area contributed by atoms with Crippen LogP contribution in [0.25, 0.3) is 82.9 Å². The van der Waals surface area contributed by atoms with Crippen molar-refractivity contribution in [3.63, 3.8) is 0 Å². The number of imidazole rings is 1. The predicted octanol–water partition coefficient (Wildman–Crippen LogP) is 10.3. The first-order valence-corrected chi connectivity index (χ1v) is 14.6. The van der Waals surface area contributed by atoms with Crippen LogP contribution in [-0.2, 0) is 0 Å². The summed E-state index contributed by atoms with van der Waals surface area (Å²) >= 11 is 0. The van der Waals surface area contributed by atoms with Crippen LogP contribution in [0.2, 0.25) is 0 Å². The van der Waals surface area contributed by atoms with Crippen molar-refractivity contribution in [2.24, 2.45) is 0 Å². The Morgan fingerprint density at radius 3 is 2.05 bits per heavy atom. The van der Waals surface area contributed by atoms with Gasteiger partial charge in [0.2, 0.25) is 0 Å². The molecule has 0 amide bonds. The molecular weight excluding hydrogens is 522 g/mol. The van der Waals surface area contributed by atoms with E-state index in [4.69, 9.17) is 4.98 Å². The SMILES string of the molecule is c1ccc(-c2nc3ccccn3c2-c2ccc(-c3cccc(-c4ccc5ccc6cccc7ccc4c5c67)c3)cc2)nc1. The Hall–Kier alpha value is -5.80. The second kappa shape index (κ2) is 9.37. The van der Waals surface area contributed by atoms with Crippen molar-refractivity contribution in [1.82, 2.24) is 14.4 Å². The number of rotatable bonds is 4. The average molecular weight is 548 g/mol. The van der Waals surface area contributed by atoms with Crippen LogP contribution < -0.4 is 0 Å². The van der Waals surface area contributed by atoms with Crippen molar-refractivity contribution < 1.29 is 0 Å². The van der Waals surface area contributed by atoms with E-state index in [1.165, 1.54) is 54.6 Å². The summed E-state index contributed by atoms with van der Waals surface area (Å²) in [6.07, 6.45) is 3.89. The molecule has 9 rings (SSSR count). The van der Waals surface area contributed by atoms with Crippen LogP contribution in [-0.4, -0.2) is 14.4 Å². The van der Waals surface area contributed by atoms with Gasteiger partial charge < -0.3 is 0 Å². The van der Waals surface area contributed by atoms with Gasteiger partial charge in [-0.05, 0) is 84.9 Å². The highest BCUT2D eigenvalue weighted by molar-refractivity contribution is 6.25. The quantitative estimate of drug-likeness (QED) is 0.205. The monoisotopic (exact) mass is 547 g/mol. The Morgan fingerprint density at radius 1 is 0.488 bits per heavy atom. The first-order chi connectivity index (χ1) is 21.3. The smallest absolute Gasteiger partial charge is 0.138 e. The zero-order chi connectivity index (χ0) is 28.3. The van der Waals surface area contributed by atoms with Gasteiger partial charge in [-0.25, -0.2) is 4.98 Å². The third kappa shape index (κ3) is 3.75. The maximum absolute atomic E-state index is 4.94. The third-order valence-electron chi connectivity index (χ3n) is 8.63. The molecule has 0 fully saturated rings. The van der Waals surface area contributed by atoms with Crippen molar-refractivity contribution >= 4 is 38.0 Å². The van der Waals surface area contributed by atoms with Gasteiger partial charge in [0, 0.05) is 18.0 Å². The van der Waals surface area contributed by atoms with Crippen molar-refractivity contribution in [3.05, 3.63) is 152 Å². The Morgan fingerprint density at radius 2 is 1.21 bits per heavy atom. The summed E-state index contributed by atoms with van der Waals surface area (Å²) in [6, 6.07) is 49.9. The summed E-state index contributed by atoms with van der Waals surface area (Å²) in [5, 5.41) is 7.86. The molecule has 0 saturated heterocycles. The number of hydrogen-bond acceptors (Lipinski definition) is 2. The molecule has 3 aromatic heterocycles. The van der Waals surface area contributed by atoms with Crippen LogP contribution in [0.1, 0.15) is 0 Å². The fourth-order valence-corrected chi connectivity index (χ4v) is 6.63. The number of pyridine rings is 2. The molecule has 6 aromatic carbocycles. The van der Waals surface area contributed by atoms with Gasteiger partial charge in [-0.2, -0.15) is 0 Å². The zero-order valence-corrected chi connectivity index (χ0v) is 23.3. The summed E-state index contributed by atoms with van der Waals surface area (Å²) in [7, 11) is 0. The molecule has 0 spiro atoms. The molecule has 0 unspecified atom stereocenters. The van der Waals surface area contributed by atoms with Crippen LogP contribution in [0.4, 0.5) is 0 Å². The molecule has 3 heteroatoms. The highest BCUT2D eigenvalue weighted by atomic mass is 15.0. The molecule has 0 atom stereocenters. The number of hydrogen-bond donors (Lipinski definition) is 0. The molecule has 0 radical (unpaired) electrons. The van der Waals surface area contributed by atoms with E-state index in [9.17, 15) is 0 Å². The predicted molar refractivity (Wildman–Crippen MR) is 178 cm³/mol. The Labute approximate surface area is 248 Å². The van der Waals surface area contributed by atoms with Crippen LogP contribution in [0.5, 0.6) is 0 Å². The molecule has 0 bridgehead atoms. The van der Waals surface area contributed by atoms with E-state index in [1.54, 1.807) is 0 Å². The fourth-order valence-electron chi connectivity index (χ4n) is 6.63. The summed E-state index contributed by atoms with van der Waals surface area (Å²) in [4.78, 5) is 9.55. The standard InChI is InChI=1S/C40H25N3/c1-3-23-41-35(11-1)39-40(43-24-4-2-12-36(43)42-39)30-17-13-26(14-18-30)31-9-6-10-32(25-31)33-21-19-29-16-15-27-7-5-8-28-20-22-34(33)38(29)37(27)28/h1-25H. The van der Waals surface area contributed by atoms with Crippen molar-refractivity contribution in [2.45, 2.75) is 0 Å². The van der Waals surface area contributed by atoms with E-state index in [0.717, 1.165) is 28.3 Å². The summed E-state index contributed by atoms with van der Waals surface area (Å²) in [5.74, 6) is 0. The van der Waals surface area contributed by atoms with E-state index >= 15 is 0 Å². The first kappa shape index (κ1) is 23.9. The van der Waals surface area contributed by atoms with Crippen molar-refractivity contribution in [2.75, 3.05) is 0 Å². The lowest BCUT2D eigenvalue weighted by atomic mass is 9.89. The fraction of sp³-hybridized carbons (Fsp3) is 0. The molecule has 0 aliphatic heterocycles. The van der Waals surface area contributed by atoms with Crippen LogP contribution in [0.3, 0.4) is 0 Å². The Kier molecular flexibility index (Phi) is 5.20. The van der Waals surface area contributed by atoms with Gasteiger partial charge in [0.15, 0.2) is 0 Å². The minimum Gasteiger partial charge on any atom is -0.299 e. The minimum atomic E-state index is 0.867. The summed E-state index contributed by atoms with van der Waals surface area (Å²) in [5.41, 5.74) is 9.65. The molecule has 3 heterocycles. The summed E-state index contributed by atoms with van der Waals surface area (Å²) < 4.78 is 2.15. The van der Waals surface area contributed by atoms with Crippen LogP contribution in [0, 0.1) is 0 Å². The topological polar surface area (TPSA) is 30.2 Å². The lowest BCUT2D eigenvalue weighted by molar-refractivity contribution is 1.19. The maximum atomic E-state index is 4.94. The second-order valence-electron chi connectivity index (χ2n) is 11.1. The van der Waals surface area contributed by atoms with Crippen molar-refractivity contribution in [3.8, 4) is 44.9 Å². The van der Waals surface area contributed by atoms with Crippen LogP contribution >= 0.6 is 0 Å². The maximum Gasteiger partial charge on any atom is 0.138 e. The largest absolute Gasteiger partial charge is 0.299 e. The molecular formula is C40H25N3. The number of nitrogens with zero attached hydrogens (tertiary/aromatic N) is 3. The third-order valence-corrected chi connectivity index (χ3v) is 8.63. The average Bonchev–Trinajstić information content (AvgIpc) is 3.47. The second-order valence-corrected chi connectivity index (χ2v) is 11.1. The Balaban J connectivity index is 1.14. The van der Waals surface area contributed by atoms with E-state index in [-0.39, 0.29) is 0 Å². The van der Waals surface area contributed by atoms with Gasteiger partial charge in [-0.15, -0.1) is 0 Å². The number of aromatic nitrogens is 3. The molecule has 9 aromatic rings. The van der Waals surface area contributed by atoms with Gasteiger partial charge in [-0.1, -0.05) is 109 Å². The van der Waals surface area contributed by atoms with Crippen molar-refractivity contribution in [1.29, 1.82) is 0 Å². The van der Waals surface area contributed by atoms with E-state index in [2.05, 4.69) is 119 Å². The minimum absolute atomic E-state index is 0.867. The number of fused-ring (bicyclic) bond motifs is 1. The Bertz CT molecular complexity index is 2420. The normalized spacial score (nSPS) is 11.7. The van der Waals surface area contributed by atoms with Gasteiger partial charge in [0.05, 0.1) is 11.4 Å². The van der Waals surface area contributed by atoms with Gasteiger partial charge in [0.25, 0.3) is 0 Å². The summed E-state index contributed by atoms with van der Waals surface area (Å²) in [6.45, 7) is 0. The van der Waals surface area contributed by atoms with Gasteiger partial charge >= 0.3 is 0 Å². The van der Waals surface area contributed by atoms with E-state index in [1.807, 2.05) is 42.6 Å². The number of benzene rings is 6. The molecule has 0 aliphatic carbocycles. The highest BCUT2D eigenvalue weighted by Crippen LogP contribution is 2.40. The van der Waals surface area contributed by atoms with E-state index < -0.39 is 0 Å². The molecule has 200 valence electrons. The van der Waals surface area contributed by atoms with Crippen LogP contribution in [0.15, 0.2) is 152 Å². The molecule has 3 nitrogen and oxygen atoms in total. The lowest BCUT2D eigenvalue weighted by Crippen LogP contribution is -1.91.